The van der Waals surface area contributed by atoms with Gasteiger partial charge in [0.2, 0.25) is 0 Å². The average molecular weight is 288 g/mol. The molecule has 0 aliphatic rings. The number of nitrogens with one attached hydrogen (secondary N) is 2. The zero-order valence-electron chi connectivity index (χ0n) is 11.3. The number of aromatic amines is 1. The summed E-state index contributed by atoms with van der Waals surface area (Å²) in [6.07, 6.45) is 2.04. The molecule has 1 aromatic carbocycles. The Morgan fingerprint density at radius 3 is 2.76 bits per heavy atom. The Kier molecular flexibility index (Phi) is 4.92. The SMILES string of the molecule is Nc1ccc(C(=O)OCCCNc2ccnc(=O)[nH]2)cc1. The van der Waals surface area contributed by atoms with Crippen LogP contribution in [-0.4, -0.2) is 29.1 Å². The van der Waals surface area contributed by atoms with Gasteiger partial charge >= 0.3 is 11.7 Å². The molecule has 0 amide bonds. The molecule has 1 heterocycles. The lowest BCUT2D eigenvalue weighted by Crippen LogP contribution is -2.14. The molecule has 0 aliphatic heterocycles. The highest BCUT2D eigenvalue weighted by molar-refractivity contribution is 5.89. The van der Waals surface area contributed by atoms with Gasteiger partial charge < -0.3 is 15.8 Å². The third-order valence-corrected chi connectivity index (χ3v) is 2.69. The molecule has 0 spiro atoms. The van der Waals surface area contributed by atoms with Gasteiger partial charge in [0.15, 0.2) is 0 Å². The summed E-state index contributed by atoms with van der Waals surface area (Å²) in [5, 5.41) is 3.00. The molecule has 2 rings (SSSR count). The maximum Gasteiger partial charge on any atom is 0.346 e. The average Bonchev–Trinajstić information content (AvgIpc) is 2.47. The third kappa shape index (κ3) is 4.64. The molecule has 2 aromatic rings. The molecule has 0 radical (unpaired) electrons. The van der Waals surface area contributed by atoms with Crippen LogP contribution in [0.5, 0.6) is 0 Å². The molecule has 0 saturated carbocycles. The van der Waals surface area contributed by atoms with Crippen LogP contribution in [0.4, 0.5) is 11.5 Å². The maximum absolute atomic E-state index is 11.7. The quantitative estimate of drug-likeness (QED) is 0.416. The molecule has 7 heteroatoms. The first-order valence-electron chi connectivity index (χ1n) is 6.47. The van der Waals surface area contributed by atoms with Crippen molar-refractivity contribution in [2.45, 2.75) is 6.42 Å². The van der Waals surface area contributed by atoms with E-state index in [2.05, 4.69) is 15.3 Å². The van der Waals surface area contributed by atoms with E-state index < -0.39 is 5.69 Å². The Bertz CT molecular complexity index is 652. The van der Waals surface area contributed by atoms with Gasteiger partial charge in [-0.25, -0.2) is 14.6 Å². The Hall–Kier alpha value is -2.83. The zero-order chi connectivity index (χ0) is 15.1. The first kappa shape index (κ1) is 14.6. The van der Waals surface area contributed by atoms with Gasteiger partial charge in [0.25, 0.3) is 0 Å². The minimum absolute atomic E-state index is 0.283. The van der Waals surface area contributed by atoms with E-state index in [-0.39, 0.29) is 12.6 Å². The highest BCUT2D eigenvalue weighted by Crippen LogP contribution is 2.07. The fourth-order valence-electron chi connectivity index (χ4n) is 1.63. The molecule has 0 bridgehead atoms. The highest BCUT2D eigenvalue weighted by atomic mass is 16.5. The van der Waals surface area contributed by atoms with E-state index in [0.717, 1.165) is 0 Å². The second-order valence-corrected chi connectivity index (χ2v) is 4.33. The molecule has 7 nitrogen and oxygen atoms in total. The number of nitrogen functional groups attached to an aromatic ring is 1. The van der Waals surface area contributed by atoms with Gasteiger partial charge in [0.05, 0.1) is 12.2 Å². The molecule has 21 heavy (non-hydrogen) atoms. The zero-order valence-corrected chi connectivity index (χ0v) is 11.3. The fourth-order valence-corrected chi connectivity index (χ4v) is 1.63. The smallest absolute Gasteiger partial charge is 0.346 e. The summed E-state index contributed by atoms with van der Waals surface area (Å²) in [7, 11) is 0. The van der Waals surface area contributed by atoms with E-state index in [1.54, 1.807) is 30.3 Å². The topological polar surface area (TPSA) is 110 Å². The minimum Gasteiger partial charge on any atom is -0.462 e. The molecule has 0 saturated heterocycles. The highest BCUT2D eigenvalue weighted by Gasteiger charge is 2.05. The summed E-state index contributed by atoms with van der Waals surface area (Å²) in [6.45, 7) is 0.848. The Balaban J connectivity index is 1.69. The molecular formula is C14H16N4O3. The van der Waals surface area contributed by atoms with Crippen LogP contribution in [0.1, 0.15) is 16.8 Å². The monoisotopic (exact) mass is 288 g/mol. The summed E-state index contributed by atoms with van der Waals surface area (Å²) < 4.78 is 5.13. The predicted molar refractivity (Wildman–Crippen MR) is 79.1 cm³/mol. The molecular weight excluding hydrogens is 272 g/mol. The largest absolute Gasteiger partial charge is 0.462 e. The van der Waals surface area contributed by atoms with Crippen molar-refractivity contribution in [1.29, 1.82) is 0 Å². The van der Waals surface area contributed by atoms with Crippen molar-refractivity contribution < 1.29 is 9.53 Å². The van der Waals surface area contributed by atoms with E-state index in [1.165, 1.54) is 6.20 Å². The Morgan fingerprint density at radius 1 is 1.29 bits per heavy atom. The first-order chi connectivity index (χ1) is 10.1. The van der Waals surface area contributed by atoms with Crippen LogP contribution >= 0.6 is 0 Å². The summed E-state index contributed by atoms with van der Waals surface area (Å²) in [6, 6.07) is 8.20. The lowest BCUT2D eigenvalue weighted by molar-refractivity contribution is 0.0504. The number of aromatic nitrogens is 2. The van der Waals surface area contributed by atoms with Crippen LogP contribution in [-0.2, 0) is 4.74 Å². The number of rotatable bonds is 6. The van der Waals surface area contributed by atoms with Crippen LogP contribution in [0.2, 0.25) is 0 Å². The third-order valence-electron chi connectivity index (χ3n) is 2.69. The number of esters is 1. The number of H-pyrrole nitrogens is 1. The van der Waals surface area contributed by atoms with Gasteiger partial charge in [-0.2, -0.15) is 0 Å². The Labute approximate surface area is 121 Å². The van der Waals surface area contributed by atoms with Gasteiger partial charge in [-0.1, -0.05) is 0 Å². The summed E-state index contributed by atoms with van der Waals surface area (Å²) >= 11 is 0. The first-order valence-corrected chi connectivity index (χ1v) is 6.47. The maximum atomic E-state index is 11.7. The molecule has 0 aliphatic carbocycles. The van der Waals surface area contributed by atoms with Crippen molar-refractivity contribution in [2.24, 2.45) is 0 Å². The van der Waals surface area contributed by atoms with E-state index >= 15 is 0 Å². The number of hydrogen-bond donors (Lipinski definition) is 3. The van der Waals surface area contributed by atoms with Crippen LogP contribution in [0, 0.1) is 0 Å². The van der Waals surface area contributed by atoms with Crippen molar-refractivity contribution in [3.63, 3.8) is 0 Å². The second kappa shape index (κ2) is 7.09. The van der Waals surface area contributed by atoms with Gasteiger partial charge in [-0.05, 0) is 36.8 Å². The standard InChI is InChI=1S/C14H16N4O3/c15-11-4-2-10(3-5-11)13(19)21-9-1-7-16-12-6-8-17-14(20)18-12/h2-6,8H,1,7,9,15H2,(H2,16,17,18,20). The number of carbonyl (C=O) groups excluding carboxylic acids is 1. The number of anilines is 2. The van der Waals surface area contributed by atoms with Gasteiger partial charge in [-0.15, -0.1) is 0 Å². The molecule has 4 N–H and O–H groups in total. The lowest BCUT2D eigenvalue weighted by atomic mass is 10.2. The number of nitrogens with two attached hydrogens (primary N) is 1. The van der Waals surface area contributed by atoms with Crippen molar-refractivity contribution in [1.82, 2.24) is 9.97 Å². The van der Waals surface area contributed by atoms with E-state index in [9.17, 15) is 9.59 Å². The van der Waals surface area contributed by atoms with Gasteiger partial charge in [0.1, 0.15) is 5.82 Å². The summed E-state index contributed by atoms with van der Waals surface area (Å²) in [5.74, 6) is 0.201. The van der Waals surface area contributed by atoms with Crippen molar-refractivity contribution in [2.75, 3.05) is 24.2 Å². The van der Waals surface area contributed by atoms with Crippen LogP contribution in [0.3, 0.4) is 0 Å². The van der Waals surface area contributed by atoms with Crippen molar-refractivity contribution in [3.05, 3.63) is 52.6 Å². The van der Waals surface area contributed by atoms with E-state index in [0.29, 0.717) is 30.0 Å². The van der Waals surface area contributed by atoms with Crippen molar-refractivity contribution in [3.8, 4) is 0 Å². The lowest BCUT2D eigenvalue weighted by Gasteiger charge is -2.07. The molecule has 0 fully saturated rings. The van der Waals surface area contributed by atoms with Crippen LogP contribution in [0.15, 0.2) is 41.3 Å². The van der Waals surface area contributed by atoms with Crippen LogP contribution in [0.25, 0.3) is 0 Å². The molecule has 0 atom stereocenters. The summed E-state index contributed by atoms with van der Waals surface area (Å²) in [4.78, 5) is 28.7. The molecule has 0 unspecified atom stereocenters. The predicted octanol–water partition coefficient (Wildman–Crippen LogP) is 1.01. The van der Waals surface area contributed by atoms with Gasteiger partial charge in [0, 0.05) is 18.4 Å². The summed E-state index contributed by atoms with van der Waals surface area (Å²) in [5.41, 5.74) is 6.20. The van der Waals surface area contributed by atoms with Crippen molar-refractivity contribution >= 4 is 17.5 Å². The number of nitrogens with zero attached hydrogens (tertiary/aromatic N) is 1. The Morgan fingerprint density at radius 2 is 2.05 bits per heavy atom. The van der Waals surface area contributed by atoms with E-state index in [1.807, 2.05) is 0 Å². The molecule has 110 valence electrons. The van der Waals surface area contributed by atoms with Crippen LogP contribution < -0.4 is 16.7 Å². The number of hydrogen-bond acceptors (Lipinski definition) is 6. The number of carbonyl (C=O) groups is 1. The molecule has 1 aromatic heterocycles. The van der Waals surface area contributed by atoms with Gasteiger partial charge in [-0.3, -0.25) is 4.98 Å². The fraction of sp³-hybridized carbons (Fsp3) is 0.214. The number of ether oxygens (including phenoxy) is 1. The minimum atomic E-state index is -0.408. The van der Waals surface area contributed by atoms with E-state index in [4.69, 9.17) is 10.5 Å². The second-order valence-electron chi connectivity index (χ2n) is 4.33. The number of benzene rings is 1. The normalized spacial score (nSPS) is 10.1.